The third kappa shape index (κ3) is 2.17. The predicted octanol–water partition coefficient (Wildman–Crippen LogP) is 4.32. The van der Waals surface area contributed by atoms with Gasteiger partial charge in [-0.1, -0.05) is 29.3 Å². The Hall–Kier alpha value is -1.91. The van der Waals surface area contributed by atoms with Crippen LogP contribution >= 0.6 is 23.2 Å². The van der Waals surface area contributed by atoms with E-state index in [-0.39, 0.29) is 22.2 Å². The van der Waals surface area contributed by atoms with E-state index in [1.54, 1.807) is 30.3 Å². The number of nitrogens with two attached hydrogens (primary N) is 1. The number of nitrogens with zero attached hydrogens (tertiary/aromatic N) is 2. The largest absolute Gasteiger partial charge is 0.383 e. The van der Waals surface area contributed by atoms with Crippen LogP contribution in [0.1, 0.15) is 0 Å². The number of fused-ring (bicyclic) bond motifs is 1. The van der Waals surface area contributed by atoms with Crippen molar-refractivity contribution in [2.75, 3.05) is 5.73 Å². The molecule has 0 unspecified atom stereocenters. The van der Waals surface area contributed by atoms with E-state index in [9.17, 15) is 4.39 Å². The number of nitrogen functional groups attached to an aromatic ring is 1. The van der Waals surface area contributed by atoms with Crippen molar-refractivity contribution < 1.29 is 4.39 Å². The first-order chi connectivity index (χ1) is 9.56. The van der Waals surface area contributed by atoms with Crippen LogP contribution in [0, 0.1) is 5.82 Å². The average molecular weight is 308 g/mol. The molecule has 0 fully saturated rings. The lowest BCUT2D eigenvalue weighted by molar-refractivity contribution is 0.630. The lowest BCUT2D eigenvalue weighted by Crippen LogP contribution is -1.99. The standard InChI is InChI=1S/C14H8Cl2FN3/c15-7-4-5-11-9(6-7)13(18)20-14(19-11)8-2-1-3-10(16)12(8)17/h1-6H,(H2,18,19,20). The molecule has 0 aliphatic carbocycles. The molecule has 0 saturated carbocycles. The number of anilines is 1. The maximum Gasteiger partial charge on any atom is 0.165 e. The summed E-state index contributed by atoms with van der Waals surface area (Å²) in [5, 5.41) is 1.18. The Morgan fingerprint density at radius 1 is 1.05 bits per heavy atom. The molecular weight excluding hydrogens is 300 g/mol. The zero-order chi connectivity index (χ0) is 14.3. The number of aromatic nitrogens is 2. The summed E-state index contributed by atoms with van der Waals surface area (Å²) < 4.78 is 14.0. The number of rotatable bonds is 1. The van der Waals surface area contributed by atoms with E-state index in [1.807, 2.05) is 0 Å². The van der Waals surface area contributed by atoms with E-state index in [2.05, 4.69) is 9.97 Å². The molecule has 3 rings (SSSR count). The summed E-state index contributed by atoms with van der Waals surface area (Å²) in [5.74, 6) is -0.133. The van der Waals surface area contributed by atoms with Crippen molar-refractivity contribution in [2.24, 2.45) is 0 Å². The minimum absolute atomic E-state index is 0.0147. The van der Waals surface area contributed by atoms with Gasteiger partial charge in [-0.3, -0.25) is 0 Å². The van der Waals surface area contributed by atoms with Crippen LogP contribution in [-0.2, 0) is 0 Å². The van der Waals surface area contributed by atoms with Crippen molar-refractivity contribution in [1.29, 1.82) is 0 Å². The summed E-state index contributed by atoms with van der Waals surface area (Å²) in [6.45, 7) is 0. The first kappa shape index (κ1) is 13.1. The van der Waals surface area contributed by atoms with Gasteiger partial charge in [0.15, 0.2) is 11.6 Å². The van der Waals surface area contributed by atoms with Crippen LogP contribution in [0.2, 0.25) is 10.0 Å². The molecule has 0 atom stereocenters. The summed E-state index contributed by atoms with van der Waals surface area (Å²) in [6.07, 6.45) is 0. The van der Waals surface area contributed by atoms with Crippen LogP contribution in [0.3, 0.4) is 0 Å². The van der Waals surface area contributed by atoms with Crippen molar-refractivity contribution in [2.45, 2.75) is 0 Å². The first-order valence-electron chi connectivity index (χ1n) is 5.73. The van der Waals surface area contributed by atoms with E-state index in [0.717, 1.165) is 0 Å². The van der Waals surface area contributed by atoms with Gasteiger partial charge < -0.3 is 5.73 Å². The molecule has 3 nitrogen and oxygen atoms in total. The zero-order valence-corrected chi connectivity index (χ0v) is 11.6. The summed E-state index contributed by atoms with van der Waals surface area (Å²) in [6, 6.07) is 9.72. The third-order valence-corrected chi connectivity index (χ3v) is 3.41. The van der Waals surface area contributed by atoms with Gasteiger partial charge in [-0.2, -0.15) is 0 Å². The van der Waals surface area contributed by atoms with Gasteiger partial charge in [0.25, 0.3) is 0 Å². The zero-order valence-electron chi connectivity index (χ0n) is 10.1. The van der Waals surface area contributed by atoms with Gasteiger partial charge in [0, 0.05) is 10.4 Å². The normalized spacial score (nSPS) is 10.9. The molecule has 1 aromatic heterocycles. The molecule has 2 aromatic carbocycles. The van der Waals surface area contributed by atoms with E-state index in [4.69, 9.17) is 28.9 Å². The Morgan fingerprint density at radius 2 is 1.85 bits per heavy atom. The average Bonchev–Trinajstić information content (AvgIpc) is 2.42. The molecule has 0 bridgehead atoms. The quantitative estimate of drug-likeness (QED) is 0.728. The van der Waals surface area contributed by atoms with Gasteiger partial charge in [-0.25, -0.2) is 14.4 Å². The number of hydrogen-bond acceptors (Lipinski definition) is 3. The Kier molecular flexibility index (Phi) is 3.20. The molecule has 0 aliphatic rings. The maximum atomic E-state index is 14.0. The highest BCUT2D eigenvalue weighted by molar-refractivity contribution is 6.31. The van der Waals surface area contributed by atoms with Crippen LogP contribution in [-0.4, -0.2) is 9.97 Å². The molecule has 2 N–H and O–H groups in total. The number of benzene rings is 2. The van der Waals surface area contributed by atoms with Gasteiger partial charge in [0.2, 0.25) is 0 Å². The van der Waals surface area contributed by atoms with Crippen LogP contribution in [0.4, 0.5) is 10.2 Å². The fraction of sp³-hybridized carbons (Fsp3) is 0. The Bertz CT molecular complexity index is 821. The summed E-state index contributed by atoms with van der Waals surface area (Å²) in [5.41, 5.74) is 6.69. The second kappa shape index (κ2) is 4.89. The summed E-state index contributed by atoms with van der Waals surface area (Å²) in [7, 11) is 0. The molecular formula is C14H8Cl2FN3. The van der Waals surface area contributed by atoms with Crippen molar-refractivity contribution in [1.82, 2.24) is 9.97 Å². The molecule has 0 aliphatic heterocycles. The van der Waals surface area contributed by atoms with Gasteiger partial charge in [0.05, 0.1) is 16.1 Å². The summed E-state index contributed by atoms with van der Waals surface area (Å²) in [4.78, 5) is 8.42. The fourth-order valence-corrected chi connectivity index (χ4v) is 2.27. The second-order valence-electron chi connectivity index (χ2n) is 4.20. The van der Waals surface area contributed by atoms with E-state index in [1.165, 1.54) is 6.07 Å². The van der Waals surface area contributed by atoms with Gasteiger partial charge >= 0.3 is 0 Å². The highest BCUT2D eigenvalue weighted by Crippen LogP contribution is 2.29. The third-order valence-electron chi connectivity index (χ3n) is 2.88. The molecule has 3 aromatic rings. The minimum atomic E-state index is -0.568. The van der Waals surface area contributed by atoms with Crippen molar-refractivity contribution in [3.05, 3.63) is 52.3 Å². The lowest BCUT2D eigenvalue weighted by Gasteiger charge is -2.07. The Morgan fingerprint density at radius 3 is 2.65 bits per heavy atom. The SMILES string of the molecule is Nc1nc(-c2cccc(Cl)c2F)nc2ccc(Cl)cc12. The minimum Gasteiger partial charge on any atom is -0.383 e. The predicted molar refractivity (Wildman–Crippen MR) is 79.4 cm³/mol. The van der Waals surface area contributed by atoms with E-state index >= 15 is 0 Å². The molecule has 0 amide bonds. The first-order valence-corrected chi connectivity index (χ1v) is 6.49. The van der Waals surface area contributed by atoms with E-state index in [0.29, 0.717) is 15.9 Å². The molecule has 0 spiro atoms. The van der Waals surface area contributed by atoms with Crippen LogP contribution < -0.4 is 5.73 Å². The monoisotopic (exact) mass is 307 g/mol. The second-order valence-corrected chi connectivity index (χ2v) is 5.04. The van der Waals surface area contributed by atoms with Gasteiger partial charge in [-0.15, -0.1) is 0 Å². The van der Waals surface area contributed by atoms with Gasteiger partial charge in [-0.05, 0) is 30.3 Å². The highest BCUT2D eigenvalue weighted by Gasteiger charge is 2.13. The van der Waals surface area contributed by atoms with Crippen LogP contribution in [0.15, 0.2) is 36.4 Å². The number of hydrogen-bond donors (Lipinski definition) is 1. The van der Waals surface area contributed by atoms with Gasteiger partial charge in [0.1, 0.15) is 5.82 Å². The van der Waals surface area contributed by atoms with Crippen LogP contribution in [0.25, 0.3) is 22.3 Å². The topological polar surface area (TPSA) is 51.8 Å². The van der Waals surface area contributed by atoms with Crippen molar-refractivity contribution in [3.8, 4) is 11.4 Å². The molecule has 0 radical (unpaired) electrons. The van der Waals surface area contributed by atoms with Crippen molar-refractivity contribution in [3.63, 3.8) is 0 Å². The lowest BCUT2D eigenvalue weighted by atomic mass is 10.1. The Labute approximate surface area is 124 Å². The Balaban J connectivity index is 2.28. The fourth-order valence-electron chi connectivity index (χ4n) is 1.92. The molecule has 1 heterocycles. The van der Waals surface area contributed by atoms with Crippen LogP contribution in [0.5, 0.6) is 0 Å². The number of halogens is 3. The van der Waals surface area contributed by atoms with E-state index < -0.39 is 5.82 Å². The maximum absolute atomic E-state index is 14.0. The smallest absolute Gasteiger partial charge is 0.165 e. The molecule has 6 heteroatoms. The highest BCUT2D eigenvalue weighted by atomic mass is 35.5. The molecule has 20 heavy (non-hydrogen) atoms. The summed E-state index contributed by atoms with van der Waals surface area (Å²) >= 11 is 11.7. The molecule has 100 valence electrons. The van der Waals surface area contributed by atoms with Crippen molar-refractivity contribution >= 4 is 39.9 Å². The molecule has 0 saturated heterocycles.